The second-order valence-electron chi connectivity index (χ2n) is 3.26. The largest absolute Gasteiger partial charge is 0.625 e. The Kier molecular flexibility index (Phi) is 5.71. The third kappa shape index (κ3) is 3.60. The summed E-state index contributed by atoms with van der Waals surface area (Å²) in [7, 11) is -4.36. The number of hydrogen-bond acceptors (Lipinski definition) is 4. The first kappa shape index (κ1) is 15.7. The third-order valence-corrected chi connectivity index (χ3v) is 2.52. The molecule has 0 aromatic carbocycles. The van der Waals surface area contributed by atoms with E-state index < -0.39 is 15.2 Å². The van der Waals surface area contributed by atoms with E-state index in [0.717, 1.165) is 6.07 Å². The van der Waals surface area contributed by atoms with Crippen molar-refractivity contribution >= 4 is 45.4 Å². The normalized spacial score (nSPS) is 12.6. The summed E-state index contributed by atoms with van der Waals surface area (Å²) in [6.07, 6.45) is 0. The molecule has 1 aromatic rings. The molecule has 0 atom stereocenters. The Balaban J connectivity index is 0.00000225. The van der Waals surface area contributed by atoms with Crippen LogP contribution >= 0.6 is 0 Å². The van der Waals surface area contributed by atoms with Gasteiger partial charge >= 0.3 is 10.1 Å². The number of furan rings is 1. The smallest absolute Gasteiger partial charge is 0.328 e. The fraction of sp³-hybridized carbons (Fsp3) is 0.375. The van der Waals surface area contributed by atoms with Gasteiger partial charge in [-0.2, -0.15) is 8.42 Å². The molecule has 8 heteroatoms. The van der Waals surface area contributed by atoms with E-state index in [1.54, 1.807) is 19.0 Å². The van der Waals surface area contributed by atoms with Gasteiger partial charge < -0.3 is 9.62 Å². The van der Waals surface area contributed by atoms with Crippen LogP contribution in [0.2, 0.25) is 0 Å². The summed E-state index contributed by atoms with van der Waals surface area (Å²) in [5.74, 6) is -0.0319. The van der Waals surface area contributed by atoms with Crippen LogP contribution in [-0.2, 0) is 10.1 Å². The summed E-state index contributed by atoms with van der Waals surface area (Å²) in [4.78, 5) is 0. The van der Waals surface area contributed by atoms with Crippen LogP contribution in [0.1, 0.15) is 19.6 Å². The van der Waals surface area contributed by atoms with Crippen molar-refractivity contribution < 1.29 is 22.5 Å². The van der Waals surface area contributed by atoms with Gasteiger partial charge in [-0.05, 0) is 12.1 Å². The molecule has 85 valence electrons. The van der Waals surface area contributed by atoms with Gasteiger partial charge in [-0.3, -0.25) is 4.55 Å². The van der Waals surface area contributed by atoms with E-state index in [1.165, 1.54) is 6.07 Å². The predicted octanol–water partition coefficient (Wildman–Crippen LogP) is -0.831. The Morgan fingerprint density at radius 2 is 2.06 bits per heavy atom. The maximum absolute atomic E-state index is 10.7. The molecule has 0 aliphatic carbocycles. The van der Waals surface area contributed by atoms with Crippen molar-refractivity contribution in [2.45, 2.75) is 18.9 Å². The maximum atomic E-state index is 10.7. The van der Waals surface area contributed by atoms with Gasteiger partial charge in [-0.1, -0.05) is 13.8 Å². The molecule has 6 nitrogen and oxygen atoms in total. The molecule has 0 spiro atoms. The first-order valence-electron chi connectivity index (χ1n) is 4.19. The second kappa shape index (κ2) is 5.83. The zero-order valence-corrected chi connectivity index (χ0v) is 12.0. The van der Waals surface area contributed by atoms with E-state index in [0.29, 0.717) is 0 Å². The topological polar surface area (TPSA) is 105 Å². The van der Waals surface area contributed by atoms with Gasteiger partial charge in [0, 0.05) is 35.5 Å². The van der Waals surface area contributed by atoms with E-state index in [9.17, 15) is 13.6 Å². The molecule has 0 fully saturated rings. The Labute approximate surface area is 115 Å². The third-order valence-electron chi connectivity index (χ3n) is 1.79. The Morgan fingerprint density at radius 3 is 2.38 bits per heavy atom. The molecule has 2 N–H and O–H groups in total. The average molecular weight is 256 g/mol. The molecular formula is C8H11NNaO5S. The van der Waals surface area contributed by atoms with E-state index in [4.69, 9.17) is 8.97 Å². The summed E-state index contributed by atoms with van der Waals surface area (Å²) in [6, 6.07) is 2.40. The molecule has 0 amide bonds. The van der Waals surface area contributed by atoms with Gasteiger partial charge in [0.15, 0.2) is 5.76 Å². The number of nitrogens with one attached hydrogen (secondary N) is 1. The average Bonchev–Trinajstić information content (AvgIpc) is 2.52. The minimum atomic E-state index is -4.36. The molecule has 1 heterocycles. The van der Waals surface area contributed by atoms with Crippen LogP contribution in [0.4, 0.5) is 0 Å². The van der Waals surface area contributed by atoms with E-state index >= 15 is 0 Å². The fourth-order valence-electron chi connectivity index (χ4n) is 1.06. The zero-order chi connectivity index (χ0) is 11.6. The first-order valence-corrected chi connectivity index (χ1v) is 5.63. The predicted molar refractivity (Wildman–Crippen MR) is 57.6 cm³/mol. The number of rotatable bonds is 3. The van der Waals surface area contributed by atoms with E-state index in [-0.39, 0.29) is 46.9 Å². The molecule has 0 bridgehead atoms. The first-order chi connectivity index (χ1) is 6.86. The minimum Gasteiger partial charge on any atom is -0.625 e. The monoisotopic (exact) mass is 256 g/mol. The maximum Gasteiger partial charge on any atom is 0.328 e. The van der Waals surface area contributed by atoms with Gasteiger partial charge in [-0.15, -0.1) is 0 Å². The molecule has 0 saturated heterocycles. The van der Waals surface area contributed by atoms with Gasteiger partial charge in [-0.25, -0.2) is 5.16 Å². The minimum absolute atomic E-state index is 0. The number of hydrogen-bond donors (Lipinski definition) is 2. The van der Waals surface area contributed by atoms with Gasteiger partial charge in [0.1, 0.15) is 0 Å². The zero-order valence-electron chi connectivity index (χ0n) is 9.22. The van der Waals surface area contributed by atoms with Crippen LogP contribution in [0.3, 0.4) is 0 Å². The summed E-state index contributed by atoms with van der Waals surface area (Å²) >= 11 is 0. The summed E-state index contributed by atoms with van der Waals surface area (Å²) in [6.45, 7) is 3.49. The van der Waals surface area contributed by atoms with Crippen molar-refractivity contribution in [3.63, 3.8) is 0 Å². The summed E-state index contributed by atoms with van der Waals surface area (Å²) in [5, 5.41) is 11.7. The molecule has 0 saturated carbocycles. The van der Waals surface area contributed by atoms with Crippen molar-refractivity contribution in [1.29, 1.82) is 0 Å². The second-order valence-corrected chi connectivity index (χ2v) is 4.62. The van der Waals surface area contributed by atoms with Gasteiger partial charge in [0.2, 0.25) is 10.8 Å². The van der Waals surface area contributed by atoms with Crippen molar-refractivity contribution in [1.82, 2.24) is 0 Å². The van der Waals surface area contributed by atoms with Crippen LogP contribution in [0.5, 0.6) is 0 Å². The van der Waals surface area contributed by atoms with Crippen LogP contribution in [-0.4, -0.2) is 48.2 Å². The van der Waals surface area contributed by atoms with Crippen molar-refractivity contribution in [2.24, 2.45) is 5.92 Å². The quantitative estimate of drug-likeness (QED) is 0.241. The van der Waals surface area contributed by atoms with Crippen LogP contribution in [0.25, 0.3) is 0 Å². The van der Waals surface area contributed by atoms with E-state index in [2.05, 4.69) is 0 Å². The summed E-state index contributed by atoms with van der Waals surface area (Å²) in [5.41, 5.74) is 0.227. The molecule has 16 heavy (non-hydrogen) atoms. The molecular weight excluding hydrogens is 245 g/mol. The molecule has 0 unspecified atom stereocenters. The van der Waals surface area contributed by atoms with Gasteiger partial charge in [0.05, 0.1) is 0 Å². The fourth-order valence-corrected chi connectivity index (χ4v) is 1.49. The Bertz CT molecular complexity index is 476. The SMILES string of the molecule is CC(C)C(=[NH+][O-])c1ccc(S(=O)(=O)O)o1.[Na]. The molecule has 1 radical (unpaired) electrons. The van der Waals surface area contributed by atoms with Crippen LogP contribution in [0.15, 0.2) is 21.6 Å². The molecule has 1 aromatic heterocycles. The van der Waals surface area contributed by atoms with Crippen molar-refractivity contribution in [3.8, 4) is 0 Å². The Hall–Kier alpha value is -0.340. The molecule has 0 aliphatic rings. The van der Waals surface area contributed by atoms with Crippen LogP contribution < -0.4 is 5.16 Å². The van der Waals surface area contributed by atoms with Gasteiger partial charge in [0.25, 0.3) is 0 Å². The Morgan fingerprint density at radius 1 is 1.50 bits per heavy atom. The van der Waals surface area contributed by atoms with Crippen LogP contribution in [0, 0.1) is 11.1 Å². The molecule has 0 aliphatic heterocycles. The van der Waals surface area contributed by atoms with Crippen molar-refractivity contribution in [3.05, 3.63) is 23.1 Å². The molecule has 1 rings (SSSR count). The standard InChI is InChI=1S/C8H11NO5S.Na/c1-5(2)8(9-10)6-3-4-7(14-6)15(11,12)13;/h3-5,9H,1-2H3,(H-,10,11,12,13);. The van der Waals surface area contributed by atoms with Crippen molar-refractivity contribution in [2.75, 3.05) is 0 Å². The summed E-state index contributed by atoms with van der Waals surface area (Å²) < 4.78 is 34.9. The van der Waals surface area contributed by atoms with E-state index in [1.807, 2.05) is 0 Å².